The second kappa shape index (κ2) is 11.2. The molecule has 4 aromatic rings. The number of anilines is 1. The van der Waals surface area contributed by atoms with Gasteiger partial charge in [0.2, 0.25) is 0 Å². The molecule has 1 heterocycles. The molecule has 198 valence electrons. The molecule has 1 aliphatic rings. The Morgan fingerprint density at radius 2 is 1.85 bits per heavy atom. The summed E-state index contributed by atoms with van der Waals surface area (Å²) in [4.78, 5) is 34.0. The molecule has 1 fully saturated rings. The van der Waals surface area contributed by atoms with Gasteiger partial charge >= 0.3 is 11.4 Å². The van der Waals surface area contributed by atoms with Crippen LogP contribution in [-0.2, 0) is 24.8 Å². The molecule has 0 unspecified atom stereocenters. The van der Waals surface area contributed by atoms with Gasteiger partial charge in [-0.3, -0.25) is 14.4 Å². The number of fused-ring (bicyclic) bond motifs is 1. The quantitative estimate of drug-likeness (QED) is 0.231. The van der Waals surface area contributed by atoms with E-state index >= 15 is 0 Å². The van der Waals surface area contributed by atoms with Crippen LogP contribution in [0.1, 0.15) is 53.0 Å². The number of imidazole rings is 1. The zero-order valence-corrected chi connectivity index (χ0v) is 23.8. The van der Waals surface area contributed by atoms with E-state index in [9.17, 15) is 9.59 Å². The Labute approximate surface area is 240 Å². The number of halogens is 2. The number of hydrogen-bond donors (Lipinski definition) is 2. The smallest absolute Gasteiger partial charge is 0.308 e. The molecule has 0 spiro atoms. The topological polar surface area (TPSA) is 80.4 Å². The minimum Gasteiger partial charge on any atom is -0.345 e. The number of carbonyl (C=O) groups excluding carboxylic acids is 2. The molecular weight excluding hydrogens is 578 g/mol. The van der Waals surface area contributed by atoms with Gasteiger partial charge in [0, 0.05) is 53.6 Å². The molecular formula is C30H27BrClN5O2. The second-order valence-electron chi connectivity index (χ2n) is 9.89. The van der Waals surface area contributed by atoms with Crippen LogP contribution in [-0.4, -0.2) is 26.9 Å². The summed E-state index contributed by atoms with van der Waals surface area (Å²) in [6.45, 7) is 7.86. The number of amides is 2. The molecule has 1 aromatic heterocycles. The van der Waals surface area contributed by atoms with Crippen LogP contribution in [0.25, 0.3) is 15.9 Å². The molecule has 0 atom stereocenters. The van der Waals surface area contributed by atoms with Gasteiger partial charge in [-0.25, -0.2) is 11.6 Å². The molecule has 0 saturated heterocycles. The third kappa shape index (κ3) is 5.70. The molecule has 3 aromatic carbocycles. The second-order valence-corrected chi connectivity index (χ2v) is 11.2. The molecule has 0 aliphatic heterocycles. The Kier molecular flexibility index (Phi) is 7.74. The zero-order valence-electron chi connectivity index (χ0n) is 21.4. The lowest BCUT2D eigenvalue weighted by Gasteiger charge is -2.15. The minimum atomic E-state index is -0.920. The highest BCUT2D eigenvalue weighted by molar-refractivity contribution is 9.10. The number of hydrogen-bond acceptors (Lipinski definition) is 3. The van der Waals surface area contributed by atoms with Gasteiger partial charge in [0.05, 0.1) is 11.0 Å². The van der Waals surface area contributed by atoms with Crippen molar-refractivity contribution in [1.82, 2.24) is 14.9 Å². The molecule has 2 amide bonds. The van der Waals surface area contributed by atoms with Gasteiger partial charge in [-0.2, -0.15) is 0 Å². The lowest BCUT2D eigenvalue weighted by atomic mass is 9.97. The van der Waals surface area contributed by atoms with Crippen molar-refractivity contribution in [2.24, 2.45) is 7.05 Å². The molecule has 1 saturated carbocycles. The van der Waals surface area contributed by atoms with Gasteiger partial charge in [-0.1, -0.05) is 39.7 Å². The van der Waals surface area contributed by atoms with E-state index in [0.717, 1.165) is 45.3 Å². The number of benzene rings is 3. The Bertz CT molecular complexity index is 1600. The third-order valence-corrected chi connectivity index (χ3v) is 8.21. The third-order valence-electron chi connectivity index (χ3n) is 7.32. The molecule has 5 rings (SSSR count). The van der Waals surface area contributed by atoms with Crippen LogP contribution in [0.15, 0.2) is 65.1 Å². The summed E-state index contributed by atoms with van der Waals surface area (Å²) >= 11 is 9.94. The summed E-state index contributed by atoms with van der Waals surface area (Å²) in [6, 6.07) is 18.6. The SMILES string of the molecule is [C-]#[N+]C1(C(=O)NCc2ccc(Cl)c(Cc3nc4cc(C(=O)Nc5ccc(Br)cc5)ccc4n3C)c2)CCCC1. The van der Waals surface area contributed by atoms with Crippen molar-refractivity contribution in [2.75, 3.05) is 5.32 Å². The van der Waals surface area contributed by atoms with Gasteiger partial charge in [0.1, 0.15) is 5.82 Å². The molecule has 7 nitrogen and oxygen atoms in total. The number of carbonyl (C=O) groups is 2. The first-order chi connectivity index (χ1) is 18.8. The molecule has 0 bridgehead atoms. The standard InChI is InChI=1S/C30H27BrClN5O2/c1-33-30(13-3-4-14-30)29(39)34-18-19-5-11-24(32)21(15-19)17-27-36-25-16-20(6-12-26(25)37(27)2)28(38)35-23-9-7-22(31)8-10-23/h5-12,15-16H,3-4,13-14,17-18H2,2H3,(H,34,39)(H,35,38). The molecule has 2 N–H and O–H groups in total. The summed E-state index contributed by atoms with van der Waals surface area (Å²) in [5.74, 6) is 0.403. The van der Waals surface area contributed by atoms with Crippen LogP contribution < -0.4 is 10.6 Å². The summed E-state index contributed by atoms with van der Waals surface area (Å²) < 4.78 is 2.94. The largest absolute Gasteiger partial charge is 0.345 e. The average Bonchev–Trinajstić information content (AvgIpc) is 3.55. The fraction of sp³-hybridized carbons (Fsp3) is 0.267. The van der Waals surface area contributed by atoms with E-state index in [2.05, 4.69) is 31.4 Å². The van der Waals surface area contributed by atoms with Crippen LogP contribution in [0.3, 0.4) is 0 Å². The first-order valence-electron chi connectivity index (χ1n) is 12.7. The lowest BCUT2D eigenvalue weighted by Crippen LogP contribution is -2.41. The fourth-order valence-electron chi connectivity index (χ4n) is 5.03. The monoisotopic (exact) mass is 603 g/mol. The normalized spacial score (nSPS) is 14.2. The highest BCUT2D eigenvalue weighted by Gasteiger charge is 2.47. The lowest BCUT2D eigenvalue weighted by molar-refractivity contribution is -0.124. The van der Waals surface area contributed by atoms with Crippen molar-refractivity contribution in [1.29, 1.82) is 0 Å². The maximum Gasteiger partial charge on any atom is 0.308 e. The minimum absolute atomic E-state index is 0.193. The first-order valence-corrected chi connectivity index (χ1v) is 13.9. The summed E-state index contributed by atoms with van der Waals surface area (Å²) in [5.41, 5.74) is 3.73. The number of rotatable bonds is 7. The number of aryl methyl sites for hydroxylation is 1. The molecule has 9 heteroatoms. The Morgan fingerprint density at radius 3 is 2.56 bits per heavy atom. The predicted molar refractivity (Wildman–Crippen MR) is 157 cm³/mol. The molecule has 1 aliphatic carbocycles. The molecule has 39 heavy (non-hydrogen) atoms. The van der Waals surface area contributed by atoms with Crippen molar-refractivity contribution < 1.29 is 9.59 Å². The van der Waals surface area contributed by atoms with E-state index in [1.54, 1.807) is 12.1 Å². The van der Waals surface area contributed by atoms with Crippen molar-refractivity contribution in [3.05, 3.63) is 104 Å². The maximum absolute atomic E-state index is 12.8. The van der Waals surface area contributed by atoms with Crippen LogP contribution in [0.4, 0.5) is 5.69 Å². The highest BCUT2D eigenvalue weighted by atomic mass is 79.9. The summed E-state index contributed by atoms with van der Waals surface area (Å²) in [7, 11) is 1.94. The van der Waals surface area contributed by atoms with Crippen LogP contribution >= 0.6 is 27.5 Å². The zero-order chi connectivity index (χ0) is 27.6. The number of aromatic nitrogens is 2. The Balaban J connectivity index is 1.31. The van der Waals surface area contributed by atoms with Gasteiger partial charge in [-0.15, -0.1) is 0 Å². The number of nitrogens with one attached hydrogen (secondary N) is 2. The maximum atomic E-state index is 12.8. The predicted octanol–water partition coefficient (Wildman–Crippen LogP) is 6.68. The van der Waals surface area contributed by atoms with Crippen LogP contribution in [0.2, 0.25) is 5.02 Å². The van der Waals surface area contributed by atoms with Gasteiger partial charge < -0.3 is 15.2 Å². The Hall–Kier alpha value is -3.67. The Morgan fingerprint density at radius 1 is 1.10 bits per heavy atom. The summed E-state index contributed by atoms with van der Waals surface area (Å²) in [6.07, 6.45) is 3.55. The summed E-state index contributed by atoms with van der Waals surface area (Å²) in [5, 5.41) is 6.48. The van der Waals surface area contributed by atoms with Crippen LogP contribution in [0.5, 0.6) is 0 Å². The van der Waals surface area contributed by atoms with Gasteiger partial charge in [0.15, 0.2) is 0 Å². The fourth-order valence-corrected chi connectivity index (χ4v) is 5.47. The average molecular weight is 605 g/mol. The van der Waals surface area contributed by atoms with Crippen molar-refractivity contribution in [3.63, 3.8) is 0 Å². The van der Waals surface area contributed by atoms with E-state index in [4.69, 9.17) is 23.2 Å². The van der Waals surface area contributed by atoms with Gasteiger partial charge in [-0.05, 0) is 72.5 Å². The van der Waals surface area contributed by atoms with E-state index in [1.807, 2.05) is 60.1 Å². The van der Waals surface area contributed by atoms with Crippen molar-refractivity contribution in [2.45, 2.75) is 44.2 Å². The molecule has 0 radical (unpaired) electrons. The highest BCUT2D eigenvalue weighted by Crippen LogP contribution is 2.33. The van der Waals surface area contributed by atoms with E-state index < -0.39 is 5.54 Å². The van der Waals surface area contributed by atoms with Gasteiger partial charge in [0.25, 0.3) is 5.91 Å². The first kappa shape index (κ1) is 26.9. The number of nitrogens with zero attached hydrogens (tertiary/aromatic N) is 3. The van der Waals surface area contributed by atoms with E-state index in [1.165, 1.54) is 0 Å². The van der Waals surface area contributed by atoms with Crippen LogP contribution in [0, 0.1) is 6.57 Å². The van der Waals surface area contributed by atoms with E-state index in [-0.39, 0.29) is 11.8 Å². The van der Waals surface area contributed by atoms with E-state index in [0.29, 0.717) is 42.1 Å². The van der Waals surface area contributed by atoms with Crippen molar-refractivity contribution >= 4 is 56.1 Å². The van der Waals surface area contributed by atoms with Crippen molar-refractivity contribution in [3.8, 4) is 0 Å².